The number of pyridine rings is 1. The first-order valence-corrected chi connectivity index (χ1v) is 13.1. The van der Waals surface area contributed by atoms with Crippen molar-refractivity contribution < 1.29 is 0 Å². The van der Waals surface area contributed by atoms with E-state index in [0.29, 0.717) is 0 Å². The van der Waals surface area contributed by atoms with Crippen LogP contribution >= 0.6 is 0 Å². The van der Waals surface area contributed by atoms with Gasteiger partial charge in [0.2, 0.25) is 0 Å². The van der Waals surface area contributed by atoms with Gasteiger partial charge in [0.15, 0.2) is 0 Å². The molecule has 8 rings (SSSR count). The summed E-state index contributed by atoms with van der Waals surface area (Å²) in [6.45, 7) is 0. The normalized spacial score (nSPS) is 11.7. The summed E-state index contributed by atoms with van der Waals surface area (Å²) >= 11 is 0. The molecule has 0 bridgehead atoms. The Morgan fingerprint density at radius 3 is 1.55 bits per heavy atom. The van der Waals surface area contributed by atoms with Crippen LogP contribution in [0.2, 0.25) is 0 Å². The van der Waals surface area contributed by atoms with Crippen LogP contribution in [0.25, 0.3) is 76.1 Å². The van der Waals surface area contributed by atoms with Crippen LogP contribution in [0, 0.1) is 0 Å². The fraction of sp³-hybridized carbons (Fsp3) is 0. The quantitative estimate of drug-likeness (QED) is 0.224. The Morgan fingerprint density at radius 2 is 0.842 bits per heavy atom. The molecular formula is C37H23N. The number of nitrogens with zero attached hydrogens (tertiary/aromatic N) is 1. The Morgan fingerprint density at radius 1 is 0.342 bits per heavy atom. The molecule has 0 saturated heterocycles. The summed E-state index contributed by atoms with van der Waals surface area (Å²) in [5.74, 6) is 0. The number of benzene rings is 7. The second-order valence-electron chi connectivity index (χ2n) is 9.94. The van der Waals surface area contributed by atoms with Gasteiger partial charge in [0.25, 0.3) is 0 Å². The van der Waals surface area contributed by atoms with Crippen molar-refractivity contribution in [1.29, 1.82) is 0 Å². The summed E-state index contributed by atoms with van der Waals surface area (Å²) in [5, 5.41) is 12.5. The molecule has 176 valence electrons. The molecule has 0 unspecified atom stereocenters. The van der Waals surface area contributed by atoms with Gasteiger partial charge >= 0.3 is 0 Å². The Hall–Kier alpha value is -5.01. The van der Waals surface area contributed by atoms with E-state index in [9.17, 15) is 0 Å². The zero-order valence-corrected chi connectivity index (χ0v) is 20.7. The zero-order chi connectivity index (χ0) is 25.1. The van der Waals surface area contributed by atoms with Gasteiger partial charge in [0.05, 0.1) is 0 Å². The van der Waals surface area contributed by atoms with E-state index in [-0.39, 0.29) is 0 Å². The van der Waals surface area contributed by atoms with E-state index in [1.165, 1.54) is 76.1 Å². The summed E-state index contributed by atoms with van der Waals surface area (Å²) < 4.78 is 0. The molecule has 0 aliphatic heterocycles. The zero-order valence-electron chi connectivity index (χ0n) is 20.7. The minimum atomic E-state index is 1.18. The highest BCUT2D eigenvalue weighted by molar-refractivity contribution is 6.28. The lowest BCUT2D eigenvalue weighted by molar-refractivity contribution is 1.37. The van der Waals surface area contributed by atoms with Crippen molar-refractivity contribution in [2.24, 2.45) is 0 Å². The fourth-order valence-corrected chi connectivity index (χ4v) is 6.31. The van der Waals surface area contributed by atoms with Gasteiger partial charge in [-0.1, -0.05) is 115 Å². The van der Waals surface area contributed by atoms with E-state index in [4.69, 9.17) is 0 Å². The second-order valence-corrected chi connectivity index (χ2v) is 9.94. The lowest BCUT2D eigenvalue weighted by Crippen LogP contribution is -1.94. The molecule has 1 aromatic heterocycles. The number of hydrogen-bond acceptors (Lipinski definition) is 1. The van der Waals surface area contributed by atoms with Crippen LogP contribution < -0.4 is 0 Å². The van der Waals surface area contributed by atoms with Crippen molar-refractivity contribution in [2.45, 2.75) is 0 Å². The third kappa shape index (κ3) is 3.02. The first-order chi connectivity index (χ1) is 18.9. The number of aromatic nitrogens is 1. The van der Waals surface area contributed by atoms with Gasteiger partial charge in [-0.15, -0.1) is 0 Å². The Labute approximate surface area is 220 Å². The van der Waals surface area contributed by atoms with Gasteiger partial charge in [0, 0.05) is 23.3 Å². The molecule has 0 spiro atoms. The van der Waals surface area contributed by atoms with Gasteiger partial charge in [-0.2, -0.15) is 0 Å². The fourth-order valence-electron chi connectivity index (χ4n) is 6.31. The predicted octanol–water partition coefficient (Wildman–Crippen LogP) is 10.2. The SMILES string of the molecule is c1ccc2c(-c3c4ccccc4c(-c4c5ccccc5cc5ccccc45)c4cnccc34)cccc2c1. The van der Waals surface area contributed by atoms with E-state index >= 15 is 0 Å². The molecule has 0 aliphatic rings. The molecule has 1 heterocycles. The van der Waals surface area contributed by atoms with E-state index in [2.05, 4.69) is 139 Å². The van der Waals surface area contributed by atoms with E-state index < -0.39 is 0 Å². The average Bonchev–Trinajstić information content (AvgIpc) is 2.99. The van der Waals surface area contributed by atoms with Gasteiger partial charge in [-0.3, -0.25) is 4.98 Å². The first kappa shape index (κ1) is 21.1. The Balaban J connectivity index is 1.63. The highest BCUT2D eigenvalue weighted by Gasteiger charge is 2.20. The molecule has 38 heavy (non-hydrogen) atoms. The summed E-state index contributed by atoms with van der Waals surface area (Å²) in [7, 11) is 0. The molecule has 0 saturated carbocycles. The molecule has 8 aromatic rings. The molecule has 7 aromatic carbocycles. The van der Waals surface area contributed by atoms with Crippen molar-refractivity contribution in [3.05, 3.63) is 140 Å². The maximum absolute atomic E-state index is 4.66. The number of fused-ring (bicyclic) bond motifs is 5. The highest BCUT2D eigenvalue weighted by Crippen LogP contribution is 2.48. The molecule has 0 amide bonds. The lowest BCUT2D eigenvalue weighted by atomic mass is 9.83. The van der Waals surface area contributed by atoms with Gasteiger partial charge < -0.3 is 0 Å². The molecule has 0 N–H and O–H groups in total. The maximum atomic E-state index is 4.66. The molecule has 0 radical (unpaired) electrons. The summed E-state index contributed by atoms with van der Waals surface area (Å²) in [6, 6.07) is 46.2. The van der Waals surface area contributed by atoms with E-state index in [1.807, 2.05) is 6.20 Å². The van der Waals surface area contributed by atoms with Gasteiger partial charge in [-0.05, 0) is 77.3 Å². The van der Waals surface area contributed by atoms with Gasteiger partial charge in [0.1, 0.15) is 0 Å². The predicted molar refractivity (Wildman–Crippen MR) is 163 cm³/mol. The van der Waals surface area contributed by atoms with Crippen LogP contribution in [0.15, 0.2) is 140 Å². The Kier molecular flexibility index (Phi) is 4.59. The van der Waals surface area contributed by atoms with Crippen LogP contribution in [-0.2, 0) is 0 Å². The third-order valence-electron chi connectivity index (χ3n) is 7.91. The summed E-state index contributed by atoms with van der Waals surface area (Å²) in [4.78, 5) is 4.66. The minimum absolute atomic E-state index is 1.18. The van der Waals surface area contributed by atoms with Crippen molar-refractivity contribution in [3.63, 3.8) is 0 Å². The smallest absolute Gasteiger partial charge is 0.0353 e. The van der Waals surface area contributed by atoms with Gasteiger partial charge in [-0.25, -0.2) is 0 Å². The van der Waals surface area contributed by atoms with E-state index in [1.54, 1.807) is 0 Å². The molecule has 0 aliphatic carbocycles. The molecule has 1 heteroatoms. The standard InChI is InChI=1S/C37H23N/c1-4-14-27-24(10-1)13-9-19-30(27)35-31-17-7-8-18-32(31)37(34-23-38-21-20-33(34)35)36-28-15-5-2-11-25(28)22-26-12-3-6-16-29(26)36/h1-23H. The first-order valence-electron chi connectivity index (χ1n) is 13.1. The molecule has 0 fully saturated rings. The van der Waals surface area contributed by atoms with Crippen LogP contribution in [0.1, 0.15) is 0 Å². The van der Waals surface area contributed by atoms with Crippen molar-refractivity contribution in [3.8, 4) is 22.3 Å². The largest absolute Gasteiger partial charge is 0.264 e. The molecule has 1 nitrogen and oxygen atoms in total. The van der Waals surface area contributed by atoms with Crippen LogP contribution in [-0.4, -0.2) is 4.98 Å². The van der Waals surface area contributed by atoms with Crippen molar-refractivity contribution in [2.75, 3.05) is 0 Å². The topological polar surface area (TPSA) is 12.9 Å². The Bertz CT molecular complexity index is 2070. The van der Waals surface area contributed by atoms with Crippen molar-refractivity contribution in [1.82, 2.24) is 4.98 Å². The van der Waals surface area contributed by atoms with E-state index in [0.717, 1.165) is 0 Å². The third-order valence-corrected chi connectivity index (χ3v) is 7.91. The summed E-state index contributed by atoms with van der Waals surface area (Å²) in [6.07, 6.45) is 3.99. The van der Waals surface area contributed by atoms with Crippen LogP contribution in [0.4, 0.5) is 0 Å². The van der Waals surface area contributed by atoms with Crippen LogP contribution in [0.3, 0.4) is 0 Å². The highest BCUT2D eigenvalue weighted by atomic mass is 14.6. The van der Waals surface area contributed by atoms with Crippen molar-refractivity contribution >= 4 is 53.9 Å². The maximum Gasteiger partial charge on any atom is 0.0353 e. The van der Waals surface area contributed by atoms with Crippen LogP contribution in [0.5, 0.6) is 0 Å². The lowest BCUT2D eigenvalue weighted by Gasteiger charge is -2.20. The number of rotatable bonds is 2. The minimum Gasteiger partial charge on any atom is -0.264 e. The average molecular weight is 482 g/mol. The second kappa shape index (κ2) is 8.26. The monoisotopic (exact) mass is 481 g/mol. The molecule has 0 atom stereocenters. The molecular weight excluding hydrogens is 458 g/mol. The number of hydrogen-bond donors (Lipinski definition) is 0. The summed E-state index contributed by atoms with van der Waals surface area (Å²) in [5.41, 5.74) is 5.05.